The lowest BCUT2D eigenvalue weighted by Crippen LogP contribution is -2.47. The van der Waals surface area contributed by atoms with Crippen LogP contribution in [0.2, 0.25) is 5.02 Å². The number of carboxylic acids is 1. The number of hydrogen-bond donors (Lipinski definition) is 3. The lowest BCUT2D eigenvalue weighted by atomic mass is 10.2. The molecule has 1 aromatic rings. The van der Waals surface area contributed by atoms with Gasteiger partial charge in [0.15, 0.2) is 6.04 Å². The number of nitrogens with one attached hydrogen (secondary N) is 2. The Kier molecular flexibility index (Phi) is 6.64. The van der Waals surface area contributed by atoms with Crippen LogP contribution in [0.5, 0.6) is 0 Å². The summed E-state index contributed by atoms with van der Waals surface area (Å²) in [5.41, 5.74) is 0.235. The van der Waals surface area contributed by atoms with E-state index in [4.69, 9.17) is 16.7 Å². The Bertz CT molecular complexity index is 535. The van der Waals surface area contributed by atoms with Gasteiger partial charge >= 0.3 is 5.97 Å². The van der Waals surface area contributed by atoms with Crippen LogP contribution < -0.4 is 10.6 Å². The fourth-order valence-electron chi connectivity index (χ4n) is 1.49. The molecule has 1 rings (SSSR count). The van der Waals surface area contributed by atoms with Crippen molar-refractivity contribution < 1.29 is 24.2 Å². The van der Waals surface area contributed by atoms with Gasteiger partial charge in [-0.15, -0.1) is 0 Å². The van der Waals surface area contributed by atoms with Crippen LogP contribution in [0.15, 0.2) is 24.3 Å². The number of hydrogen-bond acceptors (Lipinski definition) is 4. The smallest absolute Gasteiger partial charge is 0.328 e. The average Bonchev–Trinajstić information content (AvgIpc) is 2.44. The minimum atomic E-state index is -1.22. The summed E-state index contributed by atoms with van der Waals surface area (Å²) in [5.74, 6) is -2.38. The van der Waals surface area contributed by atoms with Crippen LogP contribution in [0.4, 0.5) is 0 Å². The van der Waals surface area contributed by atoms with Crippen LogP contribution in [0.1, 0.15) is 10.4 Å². The van der Waals surface area contributed by atoms with Crippen molar-refractivity contribution in [3.8, 4) is 0 Å². The number of halogens is 1. The molecule has 114 valence electrons. The highest BCUT2D eigenvalue weighted by Crippen LogP contribution is 2.14. The summed E-state index contributed by atoms with van der Waals surface area (Å²) < 4.78 is 4.68. The molecule has 0 aromatic heterocycles. The number of aliphatic carboxylic acids is 1. The molecule has 8 heteroatoms. The summed E-state index contributed by atoms with van der Waals surface area (Å²) in [5, 5.41) is 13.7. The molecule has 0 aliphatic carbocycles. The Morgan fingerprint density at radius 2 is 2.00 bits per heavy atom. The van der Waals surface area contributed by atoms with Crippen molar-refractivity contribution in [1.29, 1.82) is 0 Å². The van der Waals surface area contributed by atoms with Gasteiger partial charge in [0.05, 0.1) is 23.7 Å². The van der Waals surface area contributed by atoms with E-state index in [1.165, 1.54) is 13.2 Å². The van der Waals surface area contributed by atoms with Crippen LogP contribution in [0.3, 0.4) is 0 Å². The van der Waals surface area contributed by atoms with Crippen molar-refractivity contribution >= 4 is 29.4 Å². The monoisotopic (exact) mass is 314 g/mol. The molecule has 0 spiro atoms. The van der Waals surface area contributed by atoms with Gasteiger partial charge < -0.3 is 20.5 Å². The Morgan fingerprint density at radius 3 is 2.57 bits per heavy atom. The van der Waals surface area contributed by atoms with Crippen LogP contribution >= 0.6 is 11.6 Å². The molecule has 21 heavy (non-hydrogen) atoms. The summed E-state index contributed by atoms with van der Waals surface area (Å²) >= 11 is 5.85. The molecule has 0 saturated carbocycles. The largest absolute Gasteiger partial charge is 0.480 e. The number of benzene rings is 1. The van der Waals surface area contributed by atoms with Gasteiger partial charge in [-0.05, 0) is 12.1 Å². The van der Waals surface area contributed by atoms with Gasteiger partial charge in [0.2, 0.25) is 5.91 Å². The molecule has 0 fully saturated rings. The second kappa shape index (κ2) is 8.23. The van der Waals surface area contributed by atoms with Gasteiger partial charge in [-0.3, -0.25) is 9.59 Å². The number of carbonyl (C=O) groups excluding carboxylic acids is 2. The minimum Gasteiger partial charge on any atom is -0.480 e. The first-order valence-corrected chi connectivity index (χ1v) is 6.37. The molecule has 0 saturated heterocycles. The van der Waals surface area contributed by atoms with Crippen LogP contribution in [0, 0.1) is 0 Å². The van der Waals surface area contributed by atoms with Crippen molar-refractivity contribution in [3.63, 3.8) is 0 Å². The van der Waals surface area contributed by atoms with Gasteiger partial charge in [-0.1, -0.05) is 23.7 Å². The highest BCUT2D eigenvalue weighted by atomic mass is 35.5. The standard InChI is InChI=1S/C13H15ClN2O5/c1-21-7-10(13(19)20)16-11(17)6-15-12(18)8-4-2-3-5-9(8)14/h2-5,10H,6-7H2,1H3,(H,15,18)(H,16,17)(H,19,20). The van der Waals surface area contributed by atoms with Gasteiger partial charge in [0.1, 0.15) is 0 Å². The van der Waals surface area contributed by atoms with Crippen molar-refractivity contribution in [2.75, 3.05) is 20.3 Å². The van der Waals surface area contributed by atoms with E-state index < -0.39 is 23.8 Å². The number of ether oxygens (including phenoxy) is 1. The lowest BCUT2D eigenvalue weighted by Gasteiger charge is -2.13. The Balaban J connectivity index is 2.51. The second-order valence-electron chi connectivity index (χ2n) is 4.08. The molecule has 3 N–H and O–H groups in total. The predicted octanol–water partition coefficient (Wildman–Crippen LogP) is 0.286. The predicted molar refractivity (Wildman–Crippen MR) is 75.2 cm³/mol. The fourth-order valence-corrected chi connectivity index (χ4v) is 1.71. The zero-order chi connectivity index (χ0) is 15.8. The van der Waals surface area contributed by atoms with E-state index in [2.05, 4.69) is 15.4 Å². The molecular formula is C13H15ClN2O5. The number of methoxy groups -OCH3 is 1. The maximum Gasteiger partial charge on any atom is 0.328 e. The fraction of sp³-hybridized carbons (Fsp3) is 0.308. The summed E-state index contributed by atoms with van der Waals surface area (Å²) in [6.07, 6.45) is 0. The molecule has 1 unspecified atom stereocenters. The third-order valence-corrected chi connectivity index (χ3v) is 2.82. The molecule has 7 nitrogen and oxygen atoms in total. The normalized spacial score (nSPS) is 11.5. The zero-order valence-corrected chi connectivity index (χ0v) is 12.0. The molecule has 0 heterocycles. The van der Waals surface area contributed by atoms with Crippen molar-refractivity contribution in [3.05, 3.63) is 34.9 Å². The maximum atomic E-state index is 11.8. The number of carbonyl (C=O) groups is 3. The van der Waals surface area contributed by atoms with E-state index in [9.17, 15) is 14.4 Å². The van der Waals surface area contributed by atoms with Gasteiger partial charge in [0, 0.05) is 7.11 Å². The highest BCUT2D eigenvalue weighted by Gasteiger charge is 2.20. The Morgan fingerprint density at radius 1 is 1.33 bits per heavy atom. The van der Waals surface area contributed by atoms with Crippen molar-refractivity contribution in [2.24, 2.45) is 0 Å². The van der Waals surface area contributed by atoms with E-state index >= 15 is 0 Å². The Labute approximate surface area is 126 Å². The van der Waals surface area contributed by atoms with E-state index in [-0.39, 0.29) is 23.7 Å². The van der Waals surface area contributed by atoms with Gasteiger partial charge in [0.25, 0.3) is 5.91 Å². The molecular weight excluding hydrogens is 300 g/mol. The van der Waals surface area contributed by atoms with Crippen molar-refractivity contribution in [1.82, 2.24) is 10.6 Å². The number of carboxylic acid groups (broad SMARTS) is 1. The maximum absolute atomic E-state index is 11.8. The molecule has 0 bridgehead atoms. The number of rotatable bonds is 7. The molecule has 2 amide bonds. The number of amides is 2. The van der Waals surface area contributed by atoms with Crippen LogP contribution in [-0.4, -0.2) is 49.2 Å². The summed E-state index contributed by atoms with van der Waals surface area (Å²) in [6, 6.07) is 5.21. The van der Waals surface area contributed by atoms with Crippen LogP contribution in [0.25, 0.3) is 0 Å². The summed E-state index contributed by atoms with van der Waals surface area (Å²) in [6.45, 7) is -0.531. The third kappa shape index (κ3) is 5.41. The molecule has 0 aliphatic rings. The van der Waals surface area contributed by atoms with E-state index in [1.807, 2.05) is 0 Å². The Hall–Kier alpha value is -2.12. The molecule has 1 aromatic carbocycles. The van der Waals surface area contributed by atoms with E-state index in [1.54, 1.807) is 18.2 Å². The third-order valence-electron chi connectivity index (χ3n) is 2.49. The lowest BCUT2D eigenvalue weighted by molar-refractivity contribution is -0.143. The molecule has 0 radical (unpaired) electrons. The first kappa shape index (κ1) is 16.9. The quantitative estimate of drug-likeness (QED) is 0.671. The van der Waals surface area contributed by atoms with Crippen molar-refractivity contribution in [2.45, 2.75) is 6.04 Å². The summed E-state index contributed by atoms with van der Waals surface area (Å²) in [4.78, 5) is 34.2. The SMILES string of the molecule is COCC(NC(=O)CNC(=O)c1ccccc1Cl)C(=O)O. The zero-order valence-electron chi connectivity index (χ0n) is 11.3. The van der Waals surface area contributed by atoms with E-state index in [0.29, 0.717) is 0 Å². The highest BCUT2D eigenvalue weighted by molar-refractivity contribution is 6.33. The molecule has 1 atom stereocenters. The topological polar surface area (TPSA) is 105 Å². The van der Waals surface area contributed by atoms with Crippen LogP contribution in [-0.2, 0) is 14.3 Å². The minimum absolute atomic E-state index is 0.167. The van der Waals surface area contributed by atoms with Gasteiger partial charge in [-0.25, -0.2) is 4.79 Å². The van der Waals surface area contributed by atoms with Gasteiger partial charge in [-0.2, -0.15) is 0 Å². The first-order valence-electron chi connectivity index (χ1n) is 5.99. The molecule has 0 aliphatic heterocycles. The average molecular weight is 315 g/mol. The summed E-state index contributed by atoms with van der Waals surface area (Å²) in [7, 11) is 1.32. The van der Waals surface area contributed by atoms with E-state index in [0.717, 1.165) is 0 Å². The second-order valence-corrected chi connectivity index (χ2v) is 4.48. The first-order chi connectivity index (χ1) is 9.95.